The van der Waals surface area contributed by atoms with Gasteiger partial charge in [-0.15, -0.1) is 0 Å². The van der Waals surface area contributed by atoms with Crippen LogP contribution in [0.1, 0.15) is 6.92 Å². The summed E-state index contributed by atoms with van der Waals surface area (Å²) in [5, 5.41) is 9.61. The van der Waals surface area contributed by atoms with Crippen molar-refractivity contribution in [3.05, 3.63) is 23.6 Å². The van der Waals surface area contributed by atoms with Crippen LogP contribution >= 0.6 is 0 Å². The van der Waals surface area contributed by atoms with Gasteiger partial charge in [-0.1, -0.05) is 0 Å². The molecule has 1 aliphatic heterocycles. The van der Waals surface area contributed by atoms with Crippen molar-refractivity contribution in [2.75, 3.05) is 21.1 Å². The van der Waals surface area contributed by atoms with Crippen molar-refractivity contribution < 1.29 is 18.3 Å². The van der Waals surface area contributed by atoms with E-state index in [-0.39, 0.29) is 17.4 Å². The van der Waals surface area contributed by atoms with E-state index in [1.54, 1.807) is 18.9 Å². The predicted octanol–water partition coefficient (Wildman–Crippen LogP) is 2.14. The molecule has 0 spiro atoms. The van der Waals surface area contributed by atoms with E-state index in [1.165, 1.54) is 26.4 Å². The van der Waals surface area contributed by atoms with Crippen LogP contribution in [0.15, 0.2) is 23.6 Å². The topological polar surface area (TPSA) is 26.7 Å². The van der Waals surface area contributed by atoms with E-state index in [2.05, 4.69) is 0 Å². The second-order valence-corrected chi connectivity index (χ2v) is 4.45. The molecule has 0 bridgehead atoms. The molecule has 0 aromatic rings. The summed E-state index contributed by atoms with van der Waals surface area (Å²) in [6.45, 7) is 1.72. The van der Waals surface area contributed by atoms with Crippen molar-refractivity contribution in [3.8, 4) is 0 Å². The molecule has 17 heavy (non-hydrogen) atoms. The van der Waals surface area contributed by atoms with Crippen LogP contribution in [-0.2, 0) is 0 Å². The second kappa shape index (κ2) is 4.60. The van der Waals surface area contributed by atoms with E-state index in [0.717, 1.165) is 4.90 Å². The first kappa shape index (κ1) is 13.9. The zero-order valence-corrected chi connectivity index (χ0v) is 10.3. The standard InChI is InChI=1S/C11H17F3N2O/c1-7-9(17)5-8(6-16(7)4)10(15(2)3)11(12,13)14/h5-7,10,17H,1-4H3. The zero-order chi connectivity index (χ0) is 13.4. The van der Waals surface area contributed by atoms with Crippen LogP contribution < -0.4 is 0 Å². The molecular weight excluding hydrogens is 233 g/mol. The first-order valence-corrected chi connectivity index (χ1v) is 5.22. The van der Waals surface area contributed by atoms with Crippen LogP contribution in [0.25, 0.3) is 0 Å². The van der Waals surface area contributed by atoms with E-state index in [0.29, 0.717) is 0 Å². The highest BCUT2D eigenvalue weighted by atomic mass is 19.4. The molecule has 0 aromatic carbocycles. The Hall–Kier alpha value is -1.17. The third-order valence-electron chi connectivity index (χ3n) is 2.85. The highest BCUT2D eigenvalue weighted by Gasteiger charge is 2.44. The number of halogens is 3. The van der Waals surface area contributed by atoms with E-state index in [9.17, 15) is 18.3 Å². The summed E-state index contributed by atoms with van der Waals surface area (Å²) >= 11 is 0. The van der Waals surface area contributed by atoms with Gasteiger partial charge in [0.15, 0.2) is 0 Å². The number of aliphatic hydroxyl groups excluding tert-OH is 1. The first-order valence-electron chi connectivity index (χ1n) is 5.22. The Morgan fingerprint density at radius 3 is 2.29 bits per heavy atom. The fourth-order valence-corrected chi connectivity index (χ4v) is 1.81. The van der Waals surface area contributed by atoms with Crippen molar-refractivity contribution in [1.82, 2.24) is 9.80 Å². The van der Waals surface area contributed by atoms with Gasteiger partial charge in [-0.2, -0.15) is 13.2 Å². The lowest BCUT2D eigenvalue weighted by atomic mass is 10.0. The van der Waals surface area contributed by atoms with Crippen molar-refractivity contribution in [1.29, 1.82) is 0 Å². The normalized spacial score (nSPS) is 23.5. The number of likely N-dealkylation sites (N-methyl/N-ethyl adjacent to an activating group) is 2. The first-order chi connectivity index (χ1) is 7.64. The Morgan fingerprint density at radius 2 is 1.94 bits per heavy atom. The maximum atomic E-state index is 12.9. The maximum absolute atomic E-state index is 12.9. The molecule has 0 saturated carbocycles. The largest absolute Gasteiger partial charge is 0.510 e. The lowest BCUT2D eigenvalue weighted by Crippen LogP contribution is -2.44. The fraction of sp³-hybridized carbons (Fsp3) is 0.636. The summed E-state index contributed by atoms with van der Waals surface area (Å²) in [7, 11) is 4.36. The number of aliphatic hydroxyl groups is 1. The van der Waals surface area contributed by atoms with Crippen LogP contribution in [0, 0.1) is 0 Å². The molecule has 1 heterocycles. The summed E-state index contributed by atoms with van der Waals surface area (Å²) in [6.07, 6.45) is -1.75. The van der Waals surface area contributed by atoms with E-state index < -0.39 is 12.2 Å². The third kappa shape index (κ3) is 2.94. The van der Waals surface area contributed by atoms with Gasteiger partial charge in [0.25, 0.3) is 0 Å². The number of nitrogens with zero attached hydrogens (tertiary/aromatic N) is 2. The van der Waals surface area contributed by atoms with Gasteiger partial charge in [-0.3, -0.25) is 4.90 Å². The van der Waals surface area contributed by atoms with Crippen molar-refractivity contribution >= 4 is 0 Å². The summed E-state index contributed by atoms with van der Waals surface area (Å²) in [5.74, 6) is -0.0545. The molecular formula is C11H17F3N2O. The summed E-state index contributed by atoms with van der Waals surface area (Å²) < 4.78 is 38.7. The highest BCUT2D eigenvalue weighted by Crippen LogP contribution is 2.32. The Kier molecular flexibility index (Phi) is 3.76. The molecule has 0 fully saturated rings. The SMILES string of the molecule is CC1C(O)=CC(C(N(C)C)C(F)(F)F)=CN1C. The van der Waals surface area contributed by atoms with Crippen molar-refractivity contribution in [2.45, 2.75) is 25.2 Å². The molecule has 0 radical (unpaired) electrons. The molecule has 0 amide bonds. The summed E-state index contributed by atoms with van der Waals surface area (Å²) in [4.78, 5) is 2.65. The van der Waals surface area contributed by atoms with E-state index in [4.69, 9.17) is 0 Å². The Bertz CT molecular complexity index is 347. The minimum absolute atomic E-state index is 0.0422. The Morgan fingerprint density at radius 1 is 1.41 bits per heavy atom. The molecule has 0 saturated heterocycles. The number of hydrogen-bond acceptors (Lipinski definition) is 3. The Balaban J connectivity index is 3.10. The average Bonchev–Trinajstić information content (AvgIpc) is 2.10. The monoisotopic (exact) mass is 250 g/mol. The Labute approximate surface area is 98.8 Å². The molecule has 6 heteroatoms. The molecule has 98 valence electrons. The van der Waals surface area contributed by atoms with Crippen LogP contribution in [0.3, 0.4) is 0 Å². The van der Waals surface area contributed by atoms with Gasteiger partial charge in [0, 0.05) is 13.2 Å². The molecule has 1 N–H and O–H groups in total. The number of rotatable bonds is 2. The van der Waals surface area contributed by atoms with Gasteiger partial charge in [-0.05, 0) is 32.7 Å². The minimum atomic E-state index is -4.37. The molecule has 1 aliphatic rings. The van der Waals surface area contributed by atoms with Gasteiger partial charge in [0.1, 0.15) is 11.8 Å². The summed E-state index contributed by atoms with van der Waals surface area (Å²) in [5.41, 5.74) is 0.0422. The molecule has 3 nitrogen and oxygen atoms in total. The van der Waals surface area contributed by atoms with Crippen LogP contribution in [0.4, 0.5) is 13.2 Å². The van der Waals surface area contributed by atoms with Gasteiger partial charge in [0.05, 0.1) is 6.04 Å². The van der Waals surface area contributed by atoms with Gasteiger partial charge in [-0.25, -0.2) is 0 Å². The lowest BCUT2D eigenvalue weighted by Gasteiger charge is -2.33. The van der Waals surface area contributed by atoms with Crippen molar-refractivity contribution in [2.24, 2.45) is 0 Å². The van der Waals surface area contributed by atoms with Crippen LogP contribution in [0.5, 0.6) is 0 Å². The highest BCUT2D eigenvalue weighted by molar-refractivity contribution is 5.32. The average molecular weight is 250 g/mol. The maximum Gasteiger partial charge on any atom is 0.408 e. The lowest BCUT2D eigenvalue weighted by molar-refractivity contribution is -0.166. The minimum Gasteiger partial charge on any atom is -0.510 e. The second-order valence-electron chi connectivity index (χ2n) is 4.45. The number of hydrogen-bond donors (Lipinski definition) is 1. The smallest absolute Gasteiger partial charge is 0.408 e. The molecule has 0 aliphatic carbocycles. The third-order valence-corrected chi connectivity index (χ3v) is 2.85. The quantitative estimate of drug-likeness (QED) is 0.813. The fourth-order valence-electron chi connectivity index (χ4n) is 1.81. The zero-order valence-electron chi connectivity index (χ0n) is 10.3. The number of alkyl halides is 3. The van der Waals surface area contributed by atoms with Gasteiger partial charge < -0.3 is 10.0 Å². The van der Waals surface area contributed by atoms with Gasteiger partial charge in [0.2, 0.25) is 0 Å². The molecule has 2 atom stereocenters. The van der Waals surface area contributed by atoms with Crippen molar-refractivity contribution in [3.63, 3.8) is 0 Å². The molecule has 2 unspecified atom stereocenters. The van der Waals surface area contributed by atoms with Crippen LogP contribution in [-0.4, -0.2) is 54.3 Å². The summed E-state index contributed by atoms with van der Waals surface area (Å²) in [6, 6.07) is -2.01. The predicted molar refractivity (Wildman–Crippen MR) is 59.5 cm³/mol. The van der Waals surface area contributed by atoms with E-state index >= 15 is 0 Å². The van der Waals surface area contributed by atoms with E-state index in [1.807, 2.05) is 0 Å². The van der Waals surface area contributed by atoms with Crippen LogP contribution in [0.2, 0.25) is 0 Å². The molecule has 1 rings (SSSR count). The van der Waals surface area contributed by atoms with Gasteiger partial charge >= 0.3 is 6.18 Å². The molecule has 0 aromatic heterocycles.